The van der Waals surface area contributed by atoms with E-state index in [0.717, 1.165) is 13.1 Å². The van der Waals surface area contributed by atoms with Crippen molar-refractivity contribution in [3.05, 3.63) is 0 Å². The highest BCUT2D eigenvalue weighted by atomic mass is 15.2. The summed E-state index contributed by atoms with van der Waals surface area (Å²) in [5, 5.41) is 6.16. The lowest BCUT2D eigenvalue weighted by Crippen LogP contribution is -2.62. The molecule has 2 aliphatic heterocycles. The lowest BCUT2D eigenvalue weighted by molar-refractivity contribution is 0.517. The van der Waals surface area contributed by atoms with Gasteiger partial charge in [-0.05, 0) is 27.2 Å². The van der Waals surface area contributed by atoms with E-state index in [2.05, 4.69) is 19.7 Å². The van der Waals surface area contributed by atoms with Gasteiger partial charge in [0.25, 0.3) is 45.3 Å². The highest BCUT2D eigenvalue weighted by Gasteiger charge is 2.22. The van der Waals surface area contributed by atoms with Crippen LogP contribution < -0.4 is 10.3 Å². The van der Waals surface area contributed by atoms with Crippen LogP contribution in [0.2, 0.25) is 0 Å². The van der Waals surface area contributed by atoms with Crippen LogP contribution in [0.1, 0.15) is 0 Å². The molecule has 0 unspecified atom stereocenters. The number of nitrogens with one attached hydrogen (secondary N) is 2. The molecule has 0 aromatic heterocycles. The molecule has 0 aromatic carbocycles. The first kappa shape index (κ1) is 12.6. The van der Waals surface area contributed by atoms with Crippen molar-refractivity contribution in [2.75, 3.05) is 27.2 Å². The number of rotatable bonds is 3. The van der Waals surface area contributed by atoms with Crippen molar-refractivity contribution in [3.63, 3.8) is 0 Å². The van der Waals surface area contributed by atoms with Crippen LogP contribution in [0.25, 0.3) is 0 Å². The highest BCUT2D eigenvalue weighted by molar-refractivity contribution is 6.65. The molecule has 2 saturated heterocycles. The minimum Gasteiger partial charge on any atom is -0.379 e. The Morgan fingerprint density at radius 3 is 1.56 bits per heavy atom. The summed E-state index contributed by atoms with van der Waals surface area (Å²) in [6, 6.07) is 0. The Hall–Kier alpha value is 0.150. The normalized spacial score (nSPS) is 24.4. The van der Waals surface area contributed by atoms with Crippen molar-refractivity contribution in [1.82, 2.24) is 29.2 Å². The SMILES string of the molecule is CN1[B]N[B]N(CCN2[B]N[B]N(C)[B]2)[B]1. The molecule has 6 radical (unpaired) electrons. The van der Waals surface area contributed by atoms with Gasteiger partial charge < -0.3 is 29.2 Å². The van der Waals surface area contributed by atoms with E-state index in [1.165, 1.54) is 0 Å². The summed E-state index contributed by atoms with van der Waals surface area (Å²) in [4.78, 5) is 0. The average Bonchev–Trinajstić information content (AvgIpc) is 2.27. The van der Waals surface area contributed by atoms with Crippen LogP contribution in [0.4, 0.5) is 0 Å². The minimum absolute atomic E-state index is 0.924. The summed E-state index contributed by atoms with van der Waals surface area (Å²) < 4.78 is 8.20. The first-order valence-corrected chi connectivity index (χ1v) is 5.25. The van der Waals surface area contributed by atoms with E-state index < -0.39 is 0 Å². The van der Waals surface area contributed by atoms with E-state index in [1.807, 2.05) is 68.8 Å². The maximum absolute atomic E-state index is 3.08. The van der Waals surface area contributed by atoms with Crippen LogP contribution in [-0.2, 0) is 0 Å². The third kappa shape index (κ3) is 3.87. The van der Waals surface area contributed by atoms with Crippen molar-refractivity contribution >= 4 is 45.3 Å². The fourth-order valence-electron chi connectivity index (χ4n) is 1.57. The molecule has 2 heterocycles. The average molecular weight is 209 g/mol. The Kier molecular flexibility index (Phi) is 4.87. The summed E-state index contributed by atoms with van der Waals surface area (Å²) in [5.74, 6) is 0. The number of hydrogen-bond acceptors (Lipinski definition) is 6. The molecule has 16 heavy (non-hydrogen) atoms. The van der Waals surface area contributed by atoms with Crippen LogP contribution in [0.5, 0.6) is 0 Å². The summed E-state index contributed by atoms with van der Waals surface area (Å²) in [6.45, 7) is 1.85. The van der Waals surface area contributed by atoms with Crippen molar-refractivity contribution < 1.29 is 0 Å². The maximum atomic E-state index is 3.08. The molecule has 0 aliphatic carbocycles. The highest BCUT2D eigenvalue weighted by Crippen LogP contribution is 1.93. The predicted octanol–water partition coefficient (Wildman–Crippen LogP) is -4.13. The Balaban J connectivity index is 1.66. The molecule has 0 bridgehead atoms. The van der Waals surface area contributed by atoms with Gasteiger partial charge in [-0.3, -0.25) is 0 Å². The van der Waals surface area contributed by atoms with Gasteiger partial charge in [0, 0.05) is 0 Å². The van der Waals surface area contributed by atoms with Crippen LogP contribution in [0.15, 0.2) is 0 Å². The van der Waals surface area contributed by atoms with Crippen molar-refractivity contribution in [2.45, 2.75) is 0 Å². The molecule has 2 N–H and O–H groups in total. The molecule has 0 spiro atoms. The first-order valence-electron chi connectivity index (χ1n) is 5.25. The molecule has 2 aliphatic rings. The fourth-order valence-corrected chi connectivity index (χ4v) is 1.57. The lowest BCUT2D eigenvalue weighted by atomic mass is 9.76. The van der Waals surface area contributed by atoms with Crippen molar-refractivity contribution in [3.8, 4) is 0 Å². The van der Waals surface area contributed by atoms with E-state index in [9.17, 15) is 0 Å². The summed E-state index contributed by atoms with van der Waals surface area (Å²) in [7, 11) is 15.8. The van der Waals surface area contributed by atoms with Gasteiger partial charge in [0.1, 0.15) is 0 Å². The van der Waals surface area contributed by atoms with Crippen molar-refractivity contribution in [1.29, 1.82) is 0 Å². The van der Waals surface area contributed by atoms with Gasteiger partial charge in [0.05, 0.1) is 0 Å². The molecule has 0 aromatic rings. The Morgan fingerprint density at radius 1 is 0.750 bits per heavy atom. The predicted molar refractivity (Wildman–Crippen MR) is 69.7 cm³/mol. The van der Waals surface area contributed by atoms with E-state index >= 15 is 0 Å². The molecule has 2 fully saturated rings. The first-order chi connectivity index (χ1) is 7.74. The van der Waals surface area contributed by atoms with Gasteiger partial charge in [-0.25, -0.2) is 0 Å². The molecule has 0 atom stereocenters. The van der Waals surface area contributed by atoms with Gasteiger partial charge >= 0.3 is 0 Å². The third-order valence-corrected chi connectivity index (χ3v) is 2.31. The molecular formula is C4H12B6N6. The summed E-state index contributed by atoms with van der Waals surface area (Å²) >= 11 is 0. The summed E-state index contributed by atoms with van der Waals surface area (Å²) in [5.41, 5.74) is 0. The quantitative estimate of drug-likeness (QED) is 0.460. The zero-order valence-electron chi connectivity index (χ0n) is 9.67. The van der Waals surface area contributed by atoms with E-state index in [-0.39, 0.29) is 0 Å². The van der Waals surface area contributed by atoms with Crippen LogP contribution in [0.3, 0.4) is 0 Å². The monoisotopic (exact) mass is 210 g/mol. The van der Waals surface area contributed by atoms with E-state index in [4.69, 9.17) is 0 Å². The van der Waals surface area contributed by atoms with Gasteiger partial charge in [0.15, 0.2) is 0 Å². The number of nitrogens with zero attached hydrogens (tertiary/aromatic N) is 4. The molecule has 0 saturated carbocycles. The Bertz CT molecular complexity index is 199. The maximum Gasteiger partial charge on any atom is 0.289 e. The molecule has 2 rings (SSSR count). The topological polar surface area (TPSA) is 37.0 Å². The van der Waals surface area contributed by atoms with E-state index in [0.29, 0.717) is 0 Å². The summed E-state index contributed by atoms with van der Waals surface area (Å²) in [6.07, 6.45) is 0. The largest absolute Gasteiger partial charge is 0.379 e. The zero-order chi connectivity index (χ0) is 11.4. The minimum atomic E-state index is 0.924. The van der Waals surface area contributed by atoms with Crippen LogP contribution in [0, 0.1) is 0 Å². The molecule has 76 valence electrons. The van der Waals surface area contributed by atoms with Crippen molar-refractivity contribution in [2.24, 2.45) is 0 Å². The Labute approximate surface area is 102 Å². The van der Waals surface area contributed by atoms with Gasteiger partial charge in [-0.1, -0.05) is 0 Å². The standard InChI is InChI=1S/C4H12B6N6/c1-13-5-11-7-15(9-13)3-4-16-8-12-6-14(2)10-16/h11-12H,3-4H2,1-2H3. The van der Waals surface area contributed by atoms with Crippen LogP contribution in [-0.4, -0.2) is 91.4 Å². The van der Waals surface area contributed by atoms with Crippen LogP contribution >= 0.6 is 0 Å². The van der Waals surface area contributed by atoms with Gasteiger partial charge in [0.2, 0.25) is 0 Å². The number of hydrogen-bond donors (Lipinski definition) is 2. The molecular weight excluding hydrogens is 197 g/mol. The smallest absolute Gasteiger partial charge is 0.289 e. The third-order valence-electron chi connectivity index (χ3n) is 2.31. The van der Waals surface area contributed by atoms with Gasteiger partial charge in [-0.2, -0.15) is 0 Å². The zero-order valence-corrected chi connectivity index (χ0v) is 9.67. The lowest BCUT2D eigenvalue weighted by Gasteiger charge is -2.35. The van der Waals surface area contributed by atoms with E-state index in [1.54, 1.807) is 0 Å². The molecule has 12 heteroatoms. The molecule has 0 amide bonds. The molecule has 6 nitrogen and oxygen atoms in total. The van der Waals surface area contributed by atoms with Gasteiger partial charge in [-0.15, -0.1) is 0 Å². The second-order valence-electron chi connectivity index (χ2n) is 3.89. The fraction of sp³-hybridized carbons (Fsp3) is 1.00. The second kappa shape index (κ2) is 6.18. The Morgan fingerprint density at radius 2 is 1.19 bits per heavy atom. The second-order valence-corrected chi connectivity index (χ2v) is 3.89.